The average molecular weight is 357 g/mol. The van der Waals surface area contributed by atoms with Crippen LogP contribution in [0.2, 0.25) is 0 Å². The molecule has 3 aromatic rings. The summed E-state index contributed by atoms with van der Waals surface area (Å²) in [5.74, 6) is -0.359. The first kappa shape index (κ1) is 17.7. The molecular formula is C20H17F2NO3. The number of alkyl halides is 2. The van der Waals surface area contributed by atoms with Crippen molar-refractivity contribution < 1.29 is 23.0 Å². The molecule has 0 unspecified atom stereocenters. The molecule has 0 aliphatic carbocycles. The molecule has 0 bridgehead atoms. The number of benzene rings is 2. The van der Waals surface area contributed by atoms with E-state index in [0.717, 1.165) is 22.0 Å². The quantitative estimate of drug-likeness (QED) is 0.600. The van der Waals surface area contributed by atoms with E-state index in [2.05, 4.69) is 11.3 Å². The van der Waals surface area contributed by atoms with E-state index in [-0.39, 0.29) is 5.75 Å². The molecule has 0 fully saturated rings. The predicted molar refractivity (Wildman–Crippen MR) is 96.0 cm³/mol. The van der Waals surface area contributed by atoms with Gasteiger partial charge in [-0.2, -0.15) is 8.78 Å². The highest BCUT2D eigenvalue weighted by Gasteiger charge is 2.15. The van der Waals surface area contributed by atoms with Gasteiger partial charge in [-0.05, 0) is 42.8 Å². The number of carbonyl (C=O) groups excluding carboxylic acids is 1. The number of hydrogen-bond acceptors (Lipinski definition) is 3. The summed E-state index contributed by atoms with van der Waals surface area (Å²) in [5.41, 5.74) is 3.56. The number of rotatable bonds is 5. The summed E-state index contributed by atoms with van der Waals surface area (Å²) in [6.07, 6.45) is 1.86. The fourth-order valence-corrected chi connectivity index (χ4v) is 2.84. The lowest BCUT2D eigenvalue weighted by molar-refractivity contribution is -0.0498. The number of aromatic nitrogens is 1. The second-order valence-electron chi connectivity index (χ2n) is 5.79. The number of ether oxygens (including phenoxy) is 2. The maximum atomic E-state index is 12.5. The summed E-state index contributed by atoms with van der Waals surface area (Å²) in [5, 5.41) is 0.820. The van der Waals surface area contributed by atoms with Crippen LogP contribution in [0.4, 0.5) is 8.78 Å². The van der Waals surface area contributed by atoms with Crippen molar-refractivity contribution in [3.05, 3.63) is 66.4 Å². The molecule has 0 saturated carbocycles. The molecular weight excluding hydrogens is 340 g/mol. The van der Waals surface area contributed by atoms with E-state index in [1.165, 1.54) is 19.2 Å². The zero-order chi connectivity index (χ0) is 18.8. The Labute approximate surface area is 149 Å². The first-order valence-electron chi connectivity index (χ1n) is 7.85. The lowest BCUT2D eigenvalue weighted by Crippen LogP contribution is -2.02. The maximum Gasteiger partial charge on any atom is 0.387 e. The summed E-state index contributed by atoms with van der Waals surface area (Å²) < 4.78 is 36.1. The number of halogens is 2. The first-order chi connectivity index (χ1) is 12.4. The van der Waals surface area contributed by atoms with Gasteiger partial charge in [-0.15, -0.1) is 0 Å². The van der Waals surface area contributed by atoms with Gasteiger partial charge in [-0.25, -0.2) is 4.79 Å². The third-order valence-corrected chi connectivity index (χ3v) is 4.01. The minimum Gasteiger partial charge on any atom is -0.465 e. The smallest absolute Gasteiger partial charge is 0.387 e. The molecule has 0 saturated heterocycles. The van der Waals surface area contributed by atoms with Crippen LogP contribution >= 0.6 is 0 Å². The van der Waals surface area contributed by atoms with Crippen molar-refractivity contribution >= 4 is 22.4 Å². The largest absolute Gasteiger partial charge is 0.465 e. The number of methoxy groups -OCH3 is 1. The Hall–Kier alpha value is -3.15. The van der Waals surface area contributed by atoms with E-state index in [9.17, 15) is 13.6 Å². The Morgan fingerprint density at radius 2 is 1.96 bits per heavy atom. The molecule has 1 heterocycles. The molecule has 0 aliphatic rings. The van der Waals surface area contributed by atoms with Gasteiger partial charge in [0, 0.05) is 28.9 Å². The highest BCUT2D eigenvalue weighted by Crippen LogP contribution is 2.31. The summed E-state index contributed by atoms with van der Waals surface area (Å²) in [7, 11) is 1.33. The zero-order valence-corrected chi connectivity index (χ0v) is 14.3. The van der Waals surface area contributed by atoms with Crippen LogP contribution < -0.4 is 4.74 Å². The summed E-state index contributed by atoms with van der Waals surface area (Å²) in [6, 6.07) is 11.6. The molecule has 6 heteroatoms. The monoisotopic (exact) mass is 357 g/mol. The number of hydrogen-bond donors (Lipinski definition) is 0. The molecule has 0 N–H and O–H groups in total. The molecule has 0 amide bonds. The number of fused-ring (bicyclic) bond motifs is 1. The molecule has 1 aromatic heterocycles. The van der Waals surface area contributed by atoms with Gasteiger partial charge in [-0.1, -0.05) is 12.6 Å². The van der Waals surface area contributed by atoms with Crippen molar-refractivity contribution in [2.45, 2.75) is 13.5 Å². The summed E-state index contributed by atoms with van der Waals surface area (Å²) in [6.45, 7) is 2.95. The number of esters is 1. The molecule has 0 atom stereocenters. The molecule has 2 aromatic carbocycles. The Morgan fingerprint density at radius 1 is 1.19 bits per heavy atom. The van der Waals surface area contributed by atoms with Crippen molar-refractivity contribution in [3.63, 3.8) is 0 Å². The fourth-order valence-electron chi connectivity index (χ4n) is 2.84. The van der Waals surface area contributed by atoms with Gasteiger partial charge in [0.2, 0.25) is 0 Å². The molecule has 134 valence electrons. The Bertz CT molecular complexity index is 992. The van der Waals surface area contributed by atoms with Crippen LogP contribution in [0, 0.1) is 0 Å². The van der Waals surface area contributed by atoms with Crippen molar-refractivity contribution in [2.75, 3.05) is 7.11 Å². The van der Waals surface area contributed by atoms with Gasteiger partial charge in [-0.3, -0.25) is 0 Å². The molecule has 26 heavy (non-hydrogen) atoms. The van der Waals surface area contributed by atoms with Crippen LogP contribution in [0.15, 0.2) is 55.2 Å². The second kappa shape index (κ2) is 7.00. The SMILES string of the molecule is C=C(C)c1cn(-c2cccc(OC(F)F)c2)c2ccc(C(=O)OC)cc12. The second-order valence-corrected chi connectivity index (χ2v) is 5.79. The summed E-state index contributed by atoms with van der Waals surface area (Å²) in [4.78, 5) is 11.8. The van der Waals surface area contributed by atoms with E-state index in [1.807, 2.05) is 17.7 Å². The topological polar surface area (TPSA) is 40.5 Å². The van der Waals surface area contributed by atoms with E-state index < -0.39 is 12.6 Å². The van der Waals surface area contributed by atoms with Gasteiger partial charge >= 0.3 is 12.6 Å². The van der Waals surface area contributed by atoms with E-state index in [4.69, 9.17) is 4.74 Å². The highest BCUT2D eigenvalue weighted by molar-refractivity contribution is 5.99. The third kappa shape index (κ3) is 3.31. The first-order valence-corrected chi connectivity index (χ1v) is 7.85. The minimum atomic E-state index is -2.89. The van der Waals surface area contributed by atoms with Gasteiger partial charge in [0.15, 0.2) is 0 Å². The highest BCUT2D eigenvalue weighted by atomic mass is 19.3. The van der Waals surface area contributed by atoms with E-state index in [1.54, 1.807) is 30.3 Å². The molecule has 0 radical (unpaired) electrons. The standard InChI is InChI=1S/C20H17F2NO3/c1-12(2)17-11-23(14-5-4-6-15(10-14)26-20(21)22)18-8-7-13(9-16(17)18)19(24)25-3/h4-11,20H,1H2,2-3H3. The van der Waals surface area contributed by atoms with Crippen LogP contribution in [0.3, 0.4) is 0 Å². The summed E-state index contributed by atoms with van der Waals surface area (Å²) >= 11 is 0. The molecule has 0 spiro atoms. The molecule has 3 rings (SSSR count). The Morgan fingerprint density at radius 3 is 2.62 bits per heavy atom. The van der Waals surface area contributed by atoms with Crippen LogP contribution in [-0.4, -0.2) is 24.3 Å². The van der Waals surface area contributed by atoms with E-state index in [0.29, 0.717) is 11.3 Å². The average Bonchev–Trinajstić information content (AvgIpc) is 2.99. The van der Waals surface area contributed by atoms with Gasteiger partial charge in [0.05, 0.1) is 18.2 Å². The van der Waals surface area contributed by atoms with Crippen LogP contribution in [0.1, 0.15) is 22.8 Å². The van der Waals surface area contributed by atoms with Crippen molar-refractivity contribution in [2.24, 2.45) is 0 Å². The molecule has 0 aliphatic heterocycles. The van der Waals surface area contributed by atoms with Crippen LogP contribution in [0.25, 0.3) is 22.2 Å². The molecule has 4 nitrogen and oxygen atoms in total. The van der Waals surface area contributed by atoms with Crippen molar-refractivity contribution in [1.82, 2.24) is 4.57 Å². The van der Waals surface area contributed by atoms with Crippen molar-refractivity contribution in [3.8, 4) is 11.4 Å². The number of nitrogens with zero attached hydrogens (tertiary/aromatic N) is 1. The predicted octanol–water partition coefficient (Wildman–Crippen LogP) is 5.05. The van der Waals surface area contributed by atoms with Gasteiger partial charge in [0.25, 0.3) is 0 Å². The van der Waals surface area contributed by atoms with Gasteiger partial charge < -0.3 is 14.0 Å². The minimum absolute atomic E-state index is 0.0717. The fraction of sp³-hybridized carbons (Fsp3) is 0.150. The van der Waals surface area contributed by atoms with Gasteiger partial charge in [0.1, 0.15) is 5.75 Å². The normalized spacial score (nSPS) is 11.0. The Balaban J connectivity index is 2.18. The number of allylic oxidation sites excluding steroid dienone is 1. The van der Waals surface area contributed by atoms with Crippen molar-refractivity contribution in [1.29, 1.82) is 0 Å². The Kier molecular flexibility index (Phi) is 4.75. The maximum absolute atomic E-state index is 12.5. The number of carbonyl (C=O) groups is 1. The van der Waals surface area contributed by atoms with Crippen LogP contribution in [0.5, 0.6) is 5.75 Å². The van der Waals surface area contributed by atoms with E-state index >= 15 is 0 Å². The lowest BCUT2D eigenvalue weighted by atomic mass is 10.1. The van der Waals surface area contributed by atoms with Crippen LogP contribution in [-0.2, 0) is 4.74 Å². The lowest BCUT2D eigenvalue weighted by Gasteiger charge is -2.09. The zero-order valence-electron chi connectivity index (χ0n) is 14.3. The third-order valence-electron chi connectivity index (χ3n) is 4.01.